The molecule has 0 aliphatic carbocycles. The van der Waals surface area contributed by atoms with Crippen LogP contribution in [-0.4, -0.2) is 58.5 Å². The summed E-state index contributed by atoms with van der Waals surface area (Å²) in [6.45, 7) is -0.494. The van der Waals surface area contributed by atoms with E-state index >= 15 is 0 Å². The van der Waals surface area contributed by atoms with Gasteiger partial charge in [0, 0.05) is 11.6 Å². The van der Waals surface area contributed by atoms with Gasteiger partial charge in [0.25, 0.3) is 0 Å². The van der Waals surface area contributed by atoms with Crippen LogP contribution >= 0.6 is 0 Å². The number of carboxylic acids is 1. The van der Waals surface area contributed by atoms with E-state index in [4.69, 9.17) is 33.5 Å². The molecule has 0 amide bonds. The molecule has 1 aliphatic heterocycles. The van der Waals surface area contributed by atoms with Crippen LogP contribution in [0.1, 0.15) is 15.9 Å². The Bertz CT molecular complexity index is 1040. The summed E-state index contributed by atoms with van der Waals surface area (Å²) in [5, 5.41) is 8.86. The molecule has 0 fully saturated rings. The Morgan fingerprint density at radius 3 is 2.32 bits per heavy atom. The minimum atomic E-state index is -1.12. The van der Waals surface area contributed by atoms with Crippen molar-refractivity contribution < 1.29 is 43.1 Å². The number of hydrogen-bond acceptors (Lipinski definition) is 8. The smallest absolute Gasteiger partial charge is 0.341 e. The quantitative estimate of drug-likeness (QED) is 0.632. The molecule has 31 heavy (non-hydrogen) atoms. The molecule has 1 heterocycles. The van der Waals surface area contributed by atoms with Gasteiger partial charge >= 0.3 is 5.97 Å². The molecule has 3 rings (SSSR count). The lowest BCUT2D eigenvalue weighted by molar-refractivity contribution is -0.139. The van der Waals surface area contributed by atoms with Gasteiger partial charge in [-0.25, -0.2) is 4.79 Å². The zero-order chi connectivity index (χ0) is 22.5. The van der Waals surface area contributed by atoms with Crippen LogP contribution in [0, 0.1) is 0 Å². The van der Waals surface area contributed by atoms with Crippen molar-refractivity contribution in [1.29, 1.82) is 0 Å². The number of methoxy groups -OCH3 is 4. The number of ketones is 1. The van der Waals surface area contributed by atoms with E-state index in [1.165, 1.54) is 28.4 Å². The van der Waals surface area contributed by atoms with Gasteiger partial charge in [0.05, 0.1) is 28.4 Å². The molecule has 2 aromatic rings. The molecule has 1 aliphatic rings. The highest BCUT2D eigenvalue weighted by molar-refractivity contribution is 6.16. The summed E-state index contributed by atoms with van der Waals surface area (Å²) >= 11 is 0. The lowest BCUT2D eigenvalue weighted by atomic mass is 9.96. The number of carboxylic acid groups (broad SMARTS) is 1. The summed E-state index contributed by atoms with van der Waals surface area (Å²) in [6.07, 6.45) is 1.63. The van der Waals surface area contributed by atoms with Crippen molar-refractivity contribution in [3.63, 3.8) is 0 Å². The summed E-state index contributed by atoms with van der Waals surface area (Å²) in [5.74, 6) is 0.429. The maximum atomic E-state index is 13.2. The van der Waals surface area contributed by atoms with Gasteiger partial charge in [-0.15, -0.1) is 0 Å². The predicted octanol–water partition coefficient (Wildman–Crippen LogP) is 2.84. The second-order valence-electron chi connectivity index (χ2n) is 6.40. The monoisotopic (exact) mass is 430 g/mol. The first-order chi connectivity index (χ1) is 14.9. The standard InChI is InChI=1S/C22H22O9/c1-26-14-6-5-12(8-15(14)31-11-18(23)24)7-13-10-30-16-9-17(27-2)21(28-3)22(29-4)19(16)20(13)25/h5-9H,10-11H2,1-4H3,(H,23,24). The molecule has 0 spiro atoms. The summed E-state index contributed by atoms with van der Waals surface area (Å²) < 4.78 is 32.3. The molecule has 0 aromatic heterocycles. The van der Waals surface area contributed by atoms with E-state index in [1.54, 1.807) is 30.3 Å². The first kappa shape index (κ1) is 21.8. The Labute approximate surface area is 178 Å². The number of ether oxygens (including phenoxy) is 6. The molecular weight excluding hydrogens is 408 g/mol. The molecule has 9 heteroatoms. The number of fused-ring (bicyclic) bond motifs is 1. The van der Waals surface area contributed by atoms with E-state index in [2.05, 4.69) is 0 Å². The highest BCUT2D eigenvalue weighted by Crippen LogP contribution is 2.47. The van der Waals surface area contributed by atoms with E-state index in [1.807, 2.05) is 0 Å². The molecule has 0 radical (unpaired) electrons. The third-order valence-electron chi connectivity index (χ3n) is 4.58. The highest BCUT2D eigenvalue weighted by Gasteiger charge is 2.32. The molecule has 9 nitrogen and oxygen atoms in total. The minimum Gasteiger partial charge on any atom is -0.493 e. The normalized spacial score (nSPS) is 13.8. The van der Waals surface area contributed by atoms with Crippen LogP contribution in [0.4, 0.5) is 0 Å². The van der Waals surface area contributed by atoms with Crippen LogP contribution in [0.25, 0.3) is 6.08 Å². The molecule has 0 atom stereocenters. The Balaban J connectivity index is 2.01. The molecular formula is C22H22O9. The molecule has 0 saturated heterocycles. The molecule has 164 valence electrons. The fourth-order valence-corrected chi connectivity index (χ4v) is 3.19. The van der Waals surface area contributed by atoms with Crippen LogP contribution < -0.4 is 28.4 Å². The molecule has 0 saturated carbocycles. The SMILES string of the molecule is COc1ccc(C=C2COc3cc(OC)c(OC)c(OC)c3C2=O)cc1OCC(=O)O. The van der Waals surface area contributed by atoms with E-state index in [9.17, 15) is 9.59 Å². The summed E-state index contributed by atoms with van der Waals surface area (Å²) in [4.78, 5) is 24.1. The van der Waals surface area contributed by atoms with Gasteiger partial charge in [0.2, 0.25) is 5.75 Å². The van der Waals surface area contributed by atoms with Gasteiger partial charge in [-0.2, -0.15) is 0 Å². The van der Waals surface area contributed by atoms with Gasteiger partial charge in [-0.3, -0.25) is 4.79 Å². The zero-order valence-corrected chi connectivity index (χ0v) is 17.5. The summed E-state index contributed by atoms with van der Waals surface area (Å²) in [6, 6.07) is 6.51. The van der Waals surface area contributed by atoms with Crippen LogP contribution in [0.15, 0.2) is 29.8 Å². The van der Waals surface area contributed by atoms with Crippen molar-refractivity contribution in [3.05, 3.63) is 41.0 Å². The van der Waals surface area contributed by atoms with Crippen molar-refractivity contribution >= 4 is 17.8 Å². The summed E-state index contributed by atoms with van der Waals surface area (Å²) in [7, 11) is 5.81. The third kappa shape index (κ3) is 4.35. The van der Waals surface area contributed by atoms with E-state index in [-0.39, 0.29) is 35.2 Å². The zero-order valence-electron chi connectivity index (χ0n) is 17.5. The summed E-state index contributed by atoms with van der Waals surface area (Å²) in [5.41, 5.74) is 1.21. The van der Waals surface area contributed by atoms with E-state index in [0.29, 0.717) is 28.4 Å². The van der Waals surface area contributed by atoms with Gasteiger partial charge in [0.1, 0.15) is 17.9 Å². The molecule has 0 bridgehead atoms. The molecule has 1 N–H and O–H groups in total. The Hall–Kier alpha value is -3.88. The number of hydrogen-bond donors (Lipinski definition) is 1. The van der Waals surface area contributed by atoms with Crippen LogP contribution in [0.2, 0.25) is 0 Å². The van der Waals surface area contributed by atoms with E-state index in [0.717, 1.165) is 0 Å². The Morgan fingerprint density at radius 2 is 1.71 bits per heavy atom. The van der Waals surface area contributed by atoms with Crippen molar-refractivity contribution in [2.24, 2.45) is 0 Å². The van der Waals surface area contributed by atoms with Gasteiger partial charge in [0.15, 0.2) is 35.4 Å². The number of Topliss-reactive ketones (excluding diaryl/α,β-unsaturated/α-hetero) is 1. The van der Waals surface area contributed by atoms with Crippen LogP contribution in [0.3, 0.4) is 0 Å². The number of carbonyl (C=O) groups excluding carboxylic acids is 1. The van der Waals surface area contributed by atoms with Crippen molar-refractivity contribution in [3.8, 4) is 34.5 Å². The number of rotatable bonds is 8. The highest BCUT2D eigenvalue weighted by atomic mass is 16.5. The Morgan fingerprint density at radius 1 is 1.00 bits per heavy atom. The van der Waals surface area contributed by atoms with Crippen molar-refractivity contribution in [1.82, 2.24) is 0 Å². The maximum Gasteiger partial charge on any atom is 0.341 e. The first-order valence-corrected chi connectivity index (χ1v) is 9.17. The number of benzene rings is 2. The first-order valence-electron chi connectivity index (χ1n) is 9.17. The van der Waals surface area contributed by atoms with Crippen LogP contribution in [0.5, 0.6) is 34.5 Å². The fraction of sp³-hybridized carbons (Fsp3) is 0.273. The van der Waals surface area contributed by atoms with Crippen molar-refractivity contribution in [2.75, 3.05) is 41.7 Å². The number of aliphatic carboxylic acids is 1. The fourth-order valence-electron chi connectivity index (χ4n) is 3.19. The second-order valence-corrected chi connectivity index (χ2v) is 6.40. The lowest BCUT2D eigenvalue weighted by Gasteiger charge is -2.23. The molecule has 0 unspecified atom stereocenters. The maximum absolute atomic E-state index is 13.2. The van der Waals surface area contributed by atoms with Gasteiger partial charge in [-0.1, -0.05) is 6.07 Å². The average molecular weight is 430 g/mol. The topological polar surface area (TPSA) is 110 Å². The number of carbonyl (C=O) groups is 2. The lowest BCUT2D eigenvalue weighted by Crippen LogP contribution is -2.20. The Kier molecular flexibility index (Phi) is 6.54. The predicted molar refractivity (Wildman–Crippen MR) is 110 cm³/mol. The van der Waals surface area contributed by atoms with Gasteiger partial charge < -0.3 is 33.5 Å². The average Bonchev–Trinajstić information content (AvgIpc) is 2.78. The van der Waals surface area contributed by atoms with Crippen LogP contribution in [-0.2, 0) is 4.79 Å². The van der Waals surface area contributed by atoms with Gasteiger partial charge in [-0.05, 0) is 23.8 Å². The third-order valence-corrected chi connectivity index (χ3v) is 4.58. The second kappa shape index (κ2) is 9.29. The van der Waals surface area contributed by atoms with E-state index < -0.39 is 12.6 Å². The molecule has 2 aromatic carbocycles. The van der Waals surface area contributed by atoms with Crippen molar-refractivity contribution in [2.45, 2.75) is 0 Å². The minimum absolute atomic E-state index is 0.0296. The largest absolute Gasteiger partial charge is 0.493 e.